The highest BCUT2D eigenvalue weighted by Gasteiger charge is 2.09. The van der Waals surface area contributed by atoms with Crippen LogP contribution in [0.3, 0.4) is 0 Å². The van der Waals surface area contributed by atoms with E-state index >= 15 is 0 Å². The van der Waals surface area contributed by atoms with E-state index < -0.39 is 0 Å². The molecule has 1 aromatic carbocycles. The van der Waals surface area contributed by atoms with E-state index in [2.05, 4.69) is 22.2 Å². The van der Waals surface area contributed by atoms with Gasteiger partial charge in [0.25, 0.3) is 5.91 Å². The largest absolute Gasteiger partial charge is 0.358 e. The van der Waals surface area contributed by atoms with Crippen LogP contribution in [0, 0.1) is 0 Å². The average molecular weight is 298 g/mol. The summed E-state index contributed by atoms with van der Waals surface area (Å²) < 4.78 is 0. The molecule has 22 heavy (non-hydrogen) atoms. The molecule has 5 nitrogen and oxygen atoms in total. The van der Waals surface area contributed by atoms with Crippen molar-refractivity contribution >= 4 is 11.7 Å². The molecule has 0 saturated carbocycles. The number of nitrogens with zero attached hydrogens (tertiary/aromatic N) is 3. The van der Waals surface area contributed by atoms with Gasteiger partial charge in [0, 0.05) is 20.1 Å². The summed E-state index contributed by atoms with van der Waals surface area (Å²) in [5.74, 6) is 0.576. The zero-order chi connectivity index (χ0) is 15.8. The molecule has 0 saturated heterocycles. The lowest BCUT2D eigenvalue weighted by molar-refractivity contribution is 0.0945. The first-order valence-electron chi connectivity index (χ1n) is 7.56. The highest BCUT2D eigenvalue weighted by atomic mass is 16.1. The Balaban J connectivity index is 1.90. The van der Waals surface area contributed by atoms with Crippen LogP contribution in [0.2, 0.25) is 0 Å². The smallest absolute Gasteiger partial charge is 0.271 e. The van der Waals surface area contributed by atoms with Gasteiger partial charge in [-0.2, -0.15) is 0 Å². The lowest BCUT2D eigenvalue weighted by Crippen LogP contribution is -2.25. The maximum Gasteiger partial charge on any atom is 0.271 e. The fourth-order valence-electron chi connectivity index (χ4n) is 2.01. The van der Waals surface area contributed by atoms with Crippen LogP contribution in [0.15, 0.2) is 42.7 Å². The first kappa shape index (κ1) is 15.9. The highest BCUT2D eigenvalue weighted by Crippen LogP contribution is 2.08. The SMILES string of the molecule is CCCCN(C)c1cnc(C(=O)NCc2ccccc2)cn1. The van der Waals surface area contributed by atoms with Gasteiger partial charge in [-0.15, -0.1) is 0 Å². The number of anilines is 1. The lowest BCUT2D eigenvalue weighted by atomic mass is 10.2. The Morgan fingerprint density at radius 2 is 1.95 bits per heavy atom. The van der Waals surface area contributed by atoms with E-state index in [1.165, 1.54) is 6.20 Å². The maximum atomic E-state index is 12.0. The molecule has 0 fully saturated rings. The van der Waals surface area contributed by atoms with Crippen LogP contribution in [0.1, 0.15) is 35.8 Å². The van der Waals surface area contributed by atoms with Crippen molar-refractivity contribution in [2.75, 3.05) is 18.5 Å². The van der Waals surface area contributed by atoms with Crippen molar-refractivity contribution in [2.45, 2.75) is 26.3 Å². The third kappa shape index (κ3) is 4.55. The minimum Gasteiger partial charge on any atom is -0.358 e. The summed E-state index contributed by atoms with van der Waals surface area (Å²) in [4.78, 5) is 22.6. The zero-order valence-corrected chi connectivity index (χ0v) is 13.1. The van der Waals surface area contributed by atoms with Crippen molar-refractivity contribution in [3.8, 4) is 0 Å². The zero-order valence-electron chi connectivity index (χ0n) is 13.1. The molecule has 116 valence electrons. The van der Waals surface area contributed by atoms with Crippen LogP contribution in [0.25, 0.3) is 0 Å². The second kappa shape index (κ2) is 8.12. The number of nitrogens with one attached hydrogen (secondary N) is 1. The van der Waals surface area contributed by atoms with E-state index in [9.17, 15) is 4.79 Å². The second-order valence-corrected chi connectivity index (χ2v) is 5.20. The topological polar surface area (TPSA) is 58.1 Å². The normalized spacial score (nSPS) is 10.3. The Morgan fingerprint density at radius 1 is 1.18 bits per heavy atom. The molecule has 0 atom stereocenters. The second-order valence-electron chi connectivity index (χ2n) is 5.20. The third-order valence-electron chi connectivity index (χ3n) is 3.40. The van der Waals surface area contributed by atoms with Crippen molar-refractivity contribution < 1.29 is 4.79 Å². The summed E-state index contributed by atoms with van der Waals surface area (Å²) in [6.07, 6.45) is 5.42. The Bertz CT molecular complexity index is 583. The molecule has 1 aromatic heterocycles. The Hall–Kier alpha value is -2.43. The van der Waals surface area contributed by atoms with E-state index in [0.717, 1.165) is 30.8 Å². The Labute approximate surface area is 131 Å². The molecule has 0 spiro atoms. The van der Waals surface area contributed by atoms with Crippen molar-refractivity contribution in [1.29, 1.82) is 0 Å². The molecule has 1 amide bonds. The number of amides is 1. The van der Waals surface area contributed by atoms with Gasteiger partial charge in [0.1, 0.15) is 11.5 Å². The number of aromatic nitrogens is 2. The van der Waals surface area contributed by atoms with Crippen molar-refractivity contribution in [1.82, 2.24) is 15.3 Å². The number of carbonyl (C=O) groups is 1. The molecule has 2 rings (SSSR count). The van der Waals surface area contributed by atoms with Gasteiger partial charge in [-0.25, -0.2) is 9.97 Å². The van der Waals surface area contributed by atoms with E-state index in [0.29, 0.717) is 12.2 Å². The summed E-state index contributed by atoms with van der Waals surface area (Å²) in [5, 5.41) is 2.84. The van der Waals surface area contributed by atoms with Crippen molar-refractivity contribution in [3.05, 3.63) is 54.0 Å². The van der Waals surface area contributed by atoms with Gasteiger partial charge >= 0.3 is 0 Å². The van der Waals surface area contributed by atoms with Crippen LogP contribution >= 0.6 is 0 Å². The van der Waals surface area contributed by atoms with Crippen LogP contribution in [0.5, 0.6) is 0 Å². The molecule has 0 aliphatic heterocycles. The first-order chi connectivity index (χ1) is 10.7. The number of hydrogen-bond acceptors (Lipinski definition) is 4. The molecule has 1 heterocycles. The number of benzene rings is 1. The Morgan fingerprint density at radius 3 is 2.59 bits per heavy atom. The molecule has 2 aromatic rings. The quantitative estimate of drug-likeness (QED) is 0.853. The van der Waals surface area contributed by atoms with Gasteiger partial charge in [0.15, 0.2) is 0 Å². The van der Waals surface area contributed by atoms with E-state index in [1.54, 1.807) is 6.20 Å². The fourth-order valence-corrected chi connectivity index (χ4v) is 2.01. The molecule has 0 radical (unpaired) electrons. The molecule has 1 N–H and O–H groups in total. The predicted molar refractivity (Wildman–Crippen MR) is 87.8 cm³/mol. The van der Waals surface area contributed by atoms with Gasteiger partial charge in [0.2, 0.25) is 0 Å². The summed E-state index contributed by atoms with van der Waals surface area (Å²) in [5.41, 5.74) is 1.39. The van der Waals surface area contributed by atoms with Gasteiger partial charge in [-0.05, 0) is 12.0 Å². The van der Waals surface area contributed by atoms with Gasteiger partial charge in [0.05, 0.1) is 12.4 Å². The van der Waals surface area contributed by atoms with Gasteiger partial charge in [-0.1, -0.05) is 43.7 Å². The summed E-state index contributed by atoms with van der Waals surface area (Å²) >= 11 is 0. The van der Waals surface area contributed by atoms with Gasteiger partial charge < -0.3 is 10.2 Å². The maximum absolute atomic E-state index is 12.0. The Kier molecular flexibility index (Phi) is 5.89. The summed E-state index contributed by atoms with van der Waals surface area (Å²) in [7, 11) is 1.98. The minimum absolute atomic E-state index is 0.209. The highest BCUT2D eigenvalue weighted by molar-refractivity contribution is 5.91. The number of hydrogen-bond donors (Lipinski definition) is 1. The average Bonchev–Trinajstić information content (AvgIpc) is 2.58. The van der Waals surface area contributed by atoms with E-state index in [-0.39, 0.29) is 5.91 Å². The minimum atomic E-state index is -0.209. The molecular weight excluding hydrogens is 276 g/mol. The van der Waals surface area contributed by atoms with E-state index in [4.69, 9.17) is 0 Å². The summed E-state index contributed by atoms with van der Waals surface area (Å²) in [6.45, 7) is 3.57. The van der Waals surface area contributed by atoms with Crippen LogP contribution in [0.4, 0.5) is 5.82 Å². The number of rotatable bonds is 7. The van der Waals surface area contributed by atoms with Crippen LogP contribution in [-0.4, -0.2) is 29.5 Å². The molecule has 0 aliphatic carbocycles. The number of unbranched alkanes of at least 4 members (excludes halogenated alkanes) is 1. The van der Waals surface area contributed by atoms with Crippen molar-refractivity contribution in [2.24, 2.45) is 0 Å². The van der Waals surface area contributed by atoms with Crippen molar-refractivity contribution in [3.63, 3.8) is 0 Å². The predicted octanol–water partition coefficient (Wildman–Crippen LogP) is 2.64. The number of carbonyl (C=O) groups excluding carboxylic acids is 1. The lowest BCUT2D eigenvalue weighted by Gasteiger charge is -2.17. The van der Waals surface area contributed by atoms with Crippen LogP contribution in [-0.2, 0) is 6.54 Å². The molecule has 5 heteroatoms. The molecule has 0 aliphatic rings. The summed E-state index contributed by atoms with van der Waals surface area (Å²) in [6, 6.07) is 9.78. The molecule has 0 unspecified atom stereocenters. The van der Waals surface area contributed by atoms with Crippen LogP contribution < -0.4 is 10.2 Å². The van der Waals surface area contributed by atoms with Gasteiger partial charge in [-0.3, -0.25) is 4.79 Å². The fraction of sp³-hybridized carbons (Fsp3) is 0.353. The van der Waals surface area contributed by atoms with E-state index in [1.807, 2.05) is 42.3 Å². The molecule has 0 bridgehead atoms. The first-order valence-corrected chi connectivity index (χ1v) is 7.56. The third-order valence-corrected chi connectivity index (χ3v) is 3.40. The standard InChI is InChI=1S/C17H22N4O/c1-3-4-10-21(2)16-13-18-15(12-19-16)17(22)20-11-14-8-6-5-7-9-14/h5-9,12-13H,3-4,10-11H2,1-2H3,(H,20,22). The monoisotopic (exact) mass is 298 g/mol. The molecular formula is C17H22N4O.